The summed E-state index contributed by atoms with van der Waals surface area (Å²) in [6.45, 7) is 0.0696. The van der Waals surface area contributed by atoms with Crippen LogP contribution in [-0.4, -0.2) is 45.7 Å². The molecule has 17 heavy (non-hydrogen) atoms. The number of carbonyl (C=O) groups is 2. The van der Waals surface area contributed by atoms with Crippen molar-refractivity contribution in [2.45, 2.75) is 18.6 Å². The van der Waals surface area contributed by atoms with Crippen LogP contribution in [0, 0.1) is 0 Å². The molecule has 92 valence electrons. The summed E-state index contributed by atoms with van der Waals surface area (Å²) < 4.78 is 0.651. The Morgan fingerprint density at radius 2 is 2.24 bits per heavy atom. The zero-order valence-corrected chi connectivity index (χ0v) is 11.1. The first-order valence-corrected chi connectivity index (χ1v) is 6.62. The molecule has 0 aliphatic carbocycles. The highest BCUT2D eigenvalue weighted by Gasteiger charge is 2.39. The van der Waals surface area contributed by atoms with Gasteiger partial charge in [0.2, 0.25) is 0 Å². The van der Waals surface area contributed by atoms with Crippen LogP contribution < -0.4 is 0 Å². The maximum atomic E-state index is 12.1. The van der Waals surface area contributed by atoms with E-state index in [2.05, 4.69) is 15.9 Å². The topological polar surface area (TPSA) is 77.8 Å². The van der Waals surface area contributed by atoms with Crippen molar-refractivity contribution in [2.24, 2.45) is 0 Å². The summed E-state index contributed by atoms with van der Waals surface area (Å²) in [5.74, 6) is -1.43. The summed E-state index contributed by atoms with van der Waals surface area (Å²) in [7, 11) is 0. The van der Waals surface area contributed by atoms with E-state index < -0.39 is 18.1 Å². The third-order valence-corrected chi connectivity index (χ3v) is 4.46. The van der Waals surface area contributed by atoms with Crippen LogP contribution in [0.2, 0.25) is 0 Å². The van der Waals surface area contributed by atoms with Crippen LogP contribution >= 0.6 is 27.3 Å². The van der Waals surface area contributed by atoms with Gasteiger partial charge in [-0.05, 0) is 27.4 Å². The highest BCUT2D eigenvalue weighted by molar-refractivity contribution is 9.10. The summed E-state index contributed by atoms with van der Waals surface area (Å²) >= 11 is 4.49. The van der Waals surface area contributed by atoms with Gasteiger partial charge in [-0.1, -0.05) is 0 Å². The number of aliphatic hydroxyl groups is 1. The lowest BCUT2D eigenvalue weighted by Crippen LogP contribution is -2.40. The van der Waals surface area contributed by atoms with Crippen molar-refractivity contribution >= 4 is 39.1 Å². The third kappa shape index (κ3) is 2.36. The molecule has 0 aromatic carbocycles. The van der Waals surface area contributed by atoms with E-state index in [1.165, 1.54) is 16.2 Å². The zero-order valence-electron chi connectivity index (χ0n) is 8.67. The van der Waals surface area contributed by atoms with Gasteiger partial charge < -0.3 is 15.1 Å². The van der Waals surface area contributed by atoms with Crippen molar-refractivity contribution in [3.8, 4) is 0 Å². The molecular formula is C10H10BrNO4S. The van der Waals surface area contributed by atoms with E-state index in [0.717, 1.165) is 0 Å². The number of carboxylic acid groups (broad SMARTS) is 1. The first-order chi connectivity index (χ1) is 8.00. The maximum absolute atomic E-state index is 12.1. The molecule has 5 nitrogen and oxygen atoms in total. The molecule has 1 aromatic rings. The van der Waals surface area contributed by atoms with Crippen molar-refractivity contribution in [3.05, 3.63) is 20.8 Å². The zero-order chi connectivity index (χ0) is 12.6. The fourth-order valence-corrected chi connectivity index (χ4v) is 3.35. The Morgan fingerprint density at radius 1 is 1.53 bits per heavy atom. The van der Waals surface area contributed by atoms with Crippen LogP contribution in [0.4, 0.5) is 0 Å². The second kappa shape index (κ2) is 4.75. The number of rotatable bonds is 2. The summed E-state index contributed by atoms with van der Waals surface area (Å²) in [5.41, 5.74) is 0. The Morgan fingerprint density at radius 3 is 2.76 bits per heavy atom. The molecule has 0 bridgehead atoms. The van der Waals surface area contributed by atoms with E-state index in [9.17, 15) is 14.7 Å². The maximum Gasteiger partial charge on any atom is 0.326 e. The van der Waals surface area contributed by atoms with Crippen LogP contribution in [-0.2, 0) is 4.79 Å². The Hall–Kier alpha value is -0.920. The number of hydrogen-bond acceptors (Lipinski definition) is 4. The minimum absolute atomic E-state index is 0.0696. The SMILES string of the molecule is O=C(O)[C@H]1C[C@@H](O)CN1C(=O)c1sccc1Br. The minimum Gasteiger partial charge on any atom is -0.480 e. The van der Waals surface area contributed by atoms with Crippen LogP contribution in [0.1, 0.15) is 16.1 Å². The Labute approximate surface area is 110 Å². The highest BCUT2D eigenvalue weighted by Crippen LogP contribution is 2.28. The second-order valence-electron chi connectivity index (χ2n) is 3.80. The average Bonchev–Trinajstić information content (AvgIpc) is 2.83. The molecule has 7 heteroatoms. The number of likely N-dealkylation sites (tertiary alicyclic amines) is 1. The lowest BCUT2D eigenvalue weighted by Gasteiger charge is -2.20. The van der Waals surface area contributed by atoms with Crippen LogP contribution in [0.3, 0.4) is 0 Å². The number of carboxylic acids is 1. The van der Waals surface area contributed by atoms with Gasteiger partial charge in [-0.3, -0.25) is 4.79 Å². The van der Waals surface area contributed by atoms with Crippen molar-refractivity contribution in [3.63, 3.8) is 0 Å². The number of thiophene rings is 1. The first kappa shape index (κ1) is 12.5. The van der Waals surface area contributed by atoms with E-state index in [1.807, 2.05) is 0 Å². The fraction of sp³-hybridized carbons (Fsp3) is 0.400. The molecule has 0 spiro atoms. The Balaban J connectivity index is 2.25. The lowest BCUT2D eigenvalue weighted by molar-refractivity contribution is -0.141. The standard InChI is InChI=1S/C10H10BrNO4S/c11-6-1-2-17-8(6)9(14)12-4-5(13)3-7(12)10(15)16/h1-2,5,7,13H,3-4H2,(H,15,16)/t5-,7-/m1/s1. The number of aliphatic carboxylic acids is 1. The van der Waals surface area contributed by atoms with Crippen molar-refractivity contribution in [1.29, 1.82) is 0 Å². The van der Waals surface area contributed by atoms with Gasteiger partial charge in [-0.15, -0.1) is 11.3 Å². The van der Waals surface area contributed by atoms with Gasteiger partial charge in [0, 0.05) is 17.4 Å². The highest BCUT2D eigenvalue weighted by atomic mass is 79.9. The fourth-order valence-electron chi connectivity index (χ4n) is 1.85. The first-order valence-electron chi connectivity index (χ1n) is 4.95. The quantitative estimate of drug-likeness (QED) is 0.857. The predicted molar refractivity (Wildman–Crippen MR) is 65.1 cm³/mol. The number of carbonyl (C=O) groups excluding carboxylic acids is 1. The van der Waals surface area contributed by atoms with Crippen molar-refractivity contribution in [1.82, 2.24) is 4.90 Å². The molecule has 2 heterocycles. The molecular weight excluding hydrogens is 310 g/mol. The normalized spacial score (nSPS) is 24.0. The van der Waals surface area contributed by atoms with Gasteiger partial charge in [0.1, 0.15) is 10.9 Å². The number of nitrogens with zero attached hydrogens (tertiary/aromatic N) is 1. The minimum atomic E-state index is -1.08. The molecule has 1 saturated heterocycles. The number of β-amino-alcohol motifs (C(OH)–C–C–N with tert-alkyl or cyclic N) is 1. The van der Waals surface area contributed by atoms with Crippen molar-refractivity contribution in [2.75, 3.05) is 6.54 Å². The van der Waals surface area contributed by atoms with E-state index in [4.69, 9.17) is 5.11 Å². The summed E-state index contributed by atoms with van der Waals surface area (Å²) in [5, 5.41) is 20.2. The molecule has 2 N–H and O–H groups in total. The van der Waals surface area contributed by atoms with Gasteiger partial charge in [0.25, 0.3) is 5.91 Å². The molecule has 1 aromatic heterocycles. The Bertz CT molecular complexity index is 461. The van der Waals surface area contributed by atoms with Gasteiger partial charge in [0.05, 0.1) is 6.10 Å². The molecule has 0 saturated carbocycles. The number of hydrogen-bond donors (Lipinski definition) is 2. The van der Waals surface area contributed by atoms with Gasteiger partial charge >= 0.3 is 5.97 Å². The number of amides is 1. The average molecular weight is 320 g/mol. The van der Waals surface area contributed by atoms with E-state index in [-0.39, 0.29) is 18.9 Å². The molecule has 2 rings (SSSR count). The smallest absolute Gasteiger partial charge is 0.326 e. The third-order valence-electron chi connectivity index (χ3n) is 2.64. The molecule has 0 unspecified atom stereocenters. The predicted octanol–water partition coefficient (Wildman–Crippen LogP) is 1.17. The van der Waals surface area contributed by atoms with Gasteiger partial charge in [-0.25, -0.2) is 4.79 Å². The summed E-state index contributed by atoms with van der Waals surface area (Å²) in [6.07, 6.45) is -0.678. The molecule has 1 aliphatic rings. The summed E-state index contributed by atoms with van der Waals surface area (Å²) in [6, 6.07) is 0.798. The molecule has 0 radical (unpaired) electrons. The van der Waals surface area contributed by atoms with Gasteiger partial charge in [-0.2, -0.15) is 0 Å². The monoisotopic (exact) mass is 319 g/mol. The summed E-state index contributed by atoms with van der Waals surface area (Å²) in [4.78, 5) is 24.8. The molecule has 1 amide bonds. The molecule has 1 fully saturated rings. The van der Waals surface area contributed by atoms with Crippen LogP contribution in [0.5, 0.6) is 0 Å². The van der Waals surface area contributed by atoms with E-state index >= 15 is 0 Å². The molecule has 1 aliphatic heterocycles. The molecule has 2 atom stereocenters. The second-order valence-corrected chi connectivity index (χ2v) is 5.57. The lowest BCUT2D eigenvalue weighted by atomic mass is 10.2. The van der Waals surface area contributed by atoms with Gasteiger partial charge in [0.15, 0.2) is 0 Å². The number of aliphatic hydroxyl groups excluding tert-OH is 1. The van der Waals surface area contributed by atoms with E-state index in [0.29, 0.717) is 9.35 Å². The van der Waals surface area contributed by atoms with Crippen LogP contribution in [0.15, 0.2) is 15.9 Å². The van der Waals surface area contributed by atoms with Crippen LogP contribution in [0.25, 0.3) is 0 Å². The van der Waals surface area contributed by atoms with E-state index in [1.54, 1.807) is 11.4 Å². The Kier molecular flexibility index (Phi) is 3.50. The largest absolute Gasteiger partial charge is 0.480 e. The van der Waals surface area contributed by atoms with Crippen molar-refractivity contribution < 1.29 is 19.8 Å². The number of halogens is 1.